The van der Waals surface area contributed by atoms with Gasteiger partial charge in [-0.2, -0.15) is 10.2 Å². The summed E-state index contributed by atoms with van der Waals surface area (Å²) in [4.78, 5) is 3.91. The molecule has 4 nitrogen and oxygen atoms in total. The Balaban J connectivity index is 2.85. The van der Waals surface area contributed by atoms with Crippen molar-refractivity contribution in [3.05, 3.63) is 22.2 Å². The average molecular weight is 238 g/mol. The molecule has 13 heavy (non-hydrogen) atoms. The van der Waals surface area contributed by atoms with Crippen LogP contribution in [0.5, 0.6) is 0 Å². The highest BCUT2D eigenvalue weighted by Crippen LogP contribution is 2.26. The number of fused-ring (bicyclic) bond motifs is 1. The molecule has 0 bridgehead atoms. The summed E-state index contributed by atoms with van der Waals surface area (Å²) >= 11 is 3.26. The molecule has 0 amide bonds. The molecule has 2 aromatic rings. The Morgan fingerprint density at radius 3 is 3.00 bits per heavy atom. The second-order valence-corrected chi connectivity index (χ2v) is 3.32. The van der Waals surface area contributed by atoms with Crippen LogP contribution >= 0.6 is 15.9 Å². The zero-order chi connectivity index (χ0) is 9.42. The molecular weight excluding hydrogens is 234 g/mol. The fourth-order valence-electron chi connectivity index (χ4n) is 1.07. The van der Waals surface area contributed by atoms with Crippen molar-refractivity contribution >= 4 is 33.0 Å². The van der Waals surface area contributed by atoms with Gasteiger partial charge in [0.25, 0.3) is 6.01 Å². The van der Waals surface area contributed by atoms with Crippen molar-refractivity contribution < 1.29 is 4.42 Å². The van der Waals surface area contributed by atoms with E-state index >= 15 is 0 Å². The maximum absolute atomic E-state index is 8.67. The van der Waals surface area contributed by atoms with E-state index in [4.69, 9.17) is 15.4 Å². The lowest BCUT2D eigenvalue weighted by molar-refractivity contribution is 0.624. The molecule has 1 aromatic heterocycles. The Bertz CT molecular complexity index is 512. The molecule has 0 saturated carbocycles. The van der Waals surface area contributed by atoms with Crippen LogP contribution in [0, 0.1) is 11.3 Å². The number of aromatic nitrogens is 1. The van der Waals surface area contributed by atoms with Crippen molar-refractivity contribution in [1.82, 2.24) is 4.98 Å². The molecule has 0 spiro atoms. The quantitative estimate of drug-likeness (QED) is 0.761. The van der Waals surface area contributed by atoms with Gasteiger partial charge in [0, 0.05) is 0 Å². The number of hydrogen-bond donors (Lipinski definition) is 1. The first kappa shape index (κ1) is 8.08. The fraction of sp³-hybridized carbons (Fsp3) is 0. The van der Waals surface area contributed by atoms with E-state index in [1.54, 1.807) is 12.1 Å². The van der Waals surface area contributed by atoms with Crippen LogP contribution in [0.25, 0.3) is 11.1 Å². The fourth-order valence-corrected chi connectivity index (χ4v) is 1.60. The predicted molar refractivity (Wildman–Crippen MR) is 50.8 cm³/mol. The lowest BCUT2D eigenvalue weighted by atomic mass is 10.2. The Hall–Kier alpha value is -1.54. The third kappa shape index (κ3) is 1.25. The monoisotopic (exact) mass is 237 g/mol. The number of nitrogens with two attached hydrogens (primary N) is 1. The second kappa shape index (κ2) is 2.75. The summed E-state index contributed by atoms with van der Waals surface area (Å²) in [7, 11) is 0. The minimum Gasteiger partial charge on any atom is -0.422 e. The van der Waals surface area contributed by atoms with Crippen LogP contribution in [0.3, 0.4) is 0 Å². The lowest BCUT2D eigenvalue weighted by Crippen LogP contribution is -1.80. The highest BCUT2D eigenvalue weighted by Gasteiger charge is 2.08. The molecule has 0 saturated heterocycles. The number of nitrogens with zero attached hydrogens (tertiary/aromatic N) is 2. The molecule has 0 aliphatic rings. The van der Waals surface area contributed by atoms with Crippen LogP contribution in [0.4, 0.5) is 6.01 Å². The van der Waals surface area contributed by atoms with Crippen molar-refractivity contribution in [2.75, 3.05) is 5.73 Å². The van der Waals surface area contributed by atoms with Crippen molar-refractivity contribution in [2.45, 2.75) is 0 Å². The molecule has 5 heteroatoms. The largest absolute Gasteiger partial charge is 0.422 e. The summed E-state index contributed by atoms with van der Waals surface area (Å²) < 4.78 is 5.79. The van der Waals surface area contributed by atoms with Crippen molar-refractivity contribution in [1.29, 1.82) is 5.26 Å². The molecule has 1 aromatic carbocycles. The van der Waals surface area contributed by atoms with Gasteiger partial charge in [0.05, 0.1) is 16.1 Å². The molecule has 0 unspecified atom stereocenters. The number of nitrogen functional groups attached to an aromatic ring is 1. The van der Waals surface area contributed by atoms with Gasteiger partial charge in [0.15, 0.2) is 5.58 Å². The molecule has 2 rings (SSSR count). The van der Waals surface area contributed by atoms with E-state index < -0.39 is 0 Å². The van der Waals surface area contributed by atoms with Gasteiger partial charge < -0.3 is 10.2 Å². The molecule has 64 valence electrons. The summed E-state index contributed by atoms with van der Waals surface area (Å²) in [5, 5.41) is 8.67. The molecule has 0 atom stereocenters. The number of nitriles is 1. The normalized spacial score (nSPS) is 10.2. The number of halogens is 1. The Morgan fingerprint density at radius 1 is 1.54 bits per heavy atom. The van der Waals surface area contributed by atoms with Crippen LogP contribution in [0.2, 0.25) is 0 Å². The first-order valence-electron chi connectivity index (χ1n) is 3.46. The topological polar surface area (TPSA) is 75.8 Å². The maximum Gasteiger partial charge on any atom is 0.293 e. The Labute approximate surface area is 82.1 Å². The van der Waals surface area contributed by atoms with Gasteiger partial charge >= 0.3 is 0 Å². The van der Waals surface area contributed by atoms with E-state index in [-0.39, 0.29) is 6.01 Å². The van der Waals surface area contributed by atoms with Crippen LogP contribution < -0.4 is 5.73 Å². The number of hydrogen-bond acceptors (Lipinski definition) is 4. The van der Waals surface area contributed by atoms with Gasteiger partial charge in [0.1, 0.15) is 5.52 Å². The van der Waals surface area contributed by atoms with Crippen LogP contribution in [-0.2, 0) is 0 Å². The number of oxazole rings is 1. The minimum atomic E-state index is 0.103. The van der Waals surface area contributed by atoms with Gasteiger partial charge in [-0.05, 0) is 28.1 Å². The second-order valence-electron chi connectivity index (χ2n) is 2.47. The summed E-state index contributed by atoms with van der Waals surface area (Å²) in [5.74, 6) is 0. The van der Waals surface area contributed by atoms with E-state index in [0.29, 0.717) is 21.1 Å². The number of benzene rings is 1. The van der Waals surface area contributed by atoms with Gasteiger partial charge in [-0.3, -0.25) is 0 Å². The van der Waals surface area contributed by atoms with Gasteiger partial charge in [-0.15, -0.1) is 0 Å². The third-order valence-electron chi connectivity index (χ3n) is 1.59. The number of anilines is 1. The highest BCUT2D eigenvalue weighted by atomic mass is 79.9. The molecule has 0 fully saturated rings. The first-order chi connectivity index (χ1) is 6.20. The standard InChI is InChI=1S/C8H4BrN3O/c9-5-1-4(3-10)2-6-7(5)13-8(11)12-6/h1-2H,(H2,11,12). The predicted octanol–water partition coefficient (Wildman–Crippen LogP) is 2.04. The average Bonchev–Trinajstić information content (AvgIpc) is 2.46. The number of rotatable bonds is 0. The van der Waals surface area contributed by atoms with Crippen LogP contribution in [0.15, 0.2) is 21.0 Å². The Morgan fingerprint density at radius 2 is 2.31 bits per heavy atom. The van der Waals surface area contributed by atoms with Gasteiger partial charge in [-0.1, -0.05) is 0 Å². The molecule has 1 heterocycles. The smallest absolute Gasteiger partial charge is 0.293 e. The third-order valence-corrected chi connectivity index (χ3v) is 2.18. The minimum absolute atomic E-state index is 0.103. The zero-order valence-corrected chi connectivity index (χ0v) is 8.00. The van der Waals surface area contributed by atoms with Crippen LogP contribution in [-0.4, -0.2) is 4.98 Å². The van der Waals surface area contributed by atoms with Gasteiger partial charge in [0.2, 0.25) is 0 Å². The van der Waals surface area contributed by atoms with E-state index in [1.165, 1.54) is 0 Å². The maximum atomic E-state index is 8.67. The summed E-state index contributed by atoms with van der Waals surface area (Å²) in [6.45, 7) is 0. The van der Waals surface area contributed by atoms with Gasteiger partial charge in [-0.25, -0.2) is 0 Å². The molecule has 2 N–H and O–H groups in total. The highest BCUT2D eigenvalue weighted by molar-refractivity contribution is 9.10. The molecular formula is C8H4BrN3O. The van der Waals surface area contributed by atoms with Crippen LogP contribution in [0.1, 0.15) is 5.56 Å². The van der Waals surface area contributed by atoms with Crippen molar-refractivity contribution in [3.8, 4) is 6.07 Å². The van der Waals surface area contributed by atoms with E-state index in [1.807, 2.05) is 6.07 Å². The first-order valence-corrected chi connectivity index (χ1v) is 4.25. The summed E-state index contributed by atoms with van der Waals surface area (Å²) in [6, 6.07) is 5.40. The van der Waals surface area contributed by atoms with E-state index in [9.17, 15) is 0 Å². The molecule has 0 aliphatic carbocycles. The lowest BCUT2D eigenvalue weighted by Gasteiger charge is -1.91. The van der Waals surface area contributed by atoms with E-state index in [2.05, 4.69) is 20.9 Å². The molecule has 0 aliphatic heterocycles. The SMILES string of the molecule is N#Cc1cc(Br)c2oc(N)nc2c1. The van der Waals surface area contributed by atoms with Crippen molar-refractivity contribution in [3.63, 3.8) is 0 Å². The summed E-state index contributed by atoms with van der Waals surface area (Å²) in [6.07, 6.45) is 0. The zero-order valence-electron chi connectivity index (χ0n) is 6.41. The Kier molecular flexibility index (Phi) is 1.71. The van der Waals surface area contributed by atoms with Crippen molar-refractivity contribution in [2.24, 2.45) is 0 Å². The van der Waals surface area contributed by atoms with E-state index in [0.717, 1.165) is 0 Å². The summed E-state index contributed by atoms with van der Waals surface area (Å²) in [5.41, 5.74) is 7.04. The molecule has 0 radical (unpaired) electrons.